The van der Waals surface area contributed by atoms with Gasteiger partial charge in [0.25, 0.3) is 5.91 Å². The zero-order chi connectivity index (χ0) is 25.7. The number of ether oxygens (including phenoxy) is 1. The summed E-state index contributed by atoms with van der Waals surface area (Å²) in [6.07, 6.45) is 1.47. The lowest BCUT2D eigenvalue weighted by Gasteiger charge is -2.35. The number of amides is 4. The molecule has 3 aliphatic rings. The molecular formula is C27H27ClN4O5S. The molecule has 38 heavy (non-hydrogen) atoms. The molecule has 3 aromatic rings. The number of aromatic nitrogens is 1. The van der Waals surface area contributed by atoms with Crippen molar-refractivity contribution in [2.45, 2.75) is 63.8 Å². The van der Waals surface area contributed by atoms with Crippen LogP contribution in [0.1, 0.15) is 64.2 Å². The first-order valence-corrected chi connectivity index (χ1v) is 13.3. The second-order valence-electron chi connectivity index (χ2n) is 9.94. The van der Waals surface area contributed by atoms with Crippen LogP contribution in [-0.4, -0.2) is 45.8 Å². The fraction of sp³-hybridized carbons (Fsp3) is 0.370. The molecule has 198 valence electrons. The molecule has 2 N–H and O–H groups in total. The predicted octanol–water partition coefficient (Wildman–Crippen LogP) is 3.96. The molecule has 1 saturated heterocycles. The molecule has 0 radical (unpaired) electrons. The summed E-state index contributed by atoms with van der Waals surface area (Å²) < 4.78 is 6.79. The van der Waals surface area contributed by atoms with Crippen molar-refractivity contribution in [3.05, 3.63) is 63.7 Å². The van der Waals surface area contributed by atoms with Crippen LogP contribution in [0.5, 0.6) is 0 Å². The molecule has 2 aliphatic heterocycles. The Balaban J connectivity index is 0.00000294. The van der Waals surface area contributed by atoms with Crippen LogP contribution in [0.2, 0.25) is 0 Å². The number of aryl methyl sites for hydroxylation is 1. The van der Waals surface area contributed by atoms with Gasteiger partial charge in [-0.05, 0) is 66.5 Å². The van der Waals surface area contributed by atoms with E-state index in [-0.39, 0.29) is 43.3 Å². The van der Waals surface area contributed by atoms with Crippen LogP contribution in [-0.2, 0) is 27.4 Å². The van der Waals surface area contributed by atoms with Crippen LogP contribution in [0.25, 0.3) is 10.2 Å². The van der Waals surface area contributed by atoms with Gasteiger partial charge in [0.15, 0.2) is 0 Å². The Bertz CT molecular complexity index is 1450. The highest BCUT2D eigenvalue weighted by Gasteiger charge is 2.39. The fourth-order valence-corrected chi connectivity index (χ4v) is 6.24. The molecule has 3 heterocycles. The molecule has 4 amide bonds. The number of hydrogen-bond acceptors (Lipinski definition) is 7. The maximum atomic E-state index is 13.0. The quantitative estimate of drug-likeness (QED) is 0.461. The highest BCUT2D eigenvalue weighted by Crippen LogP contribution is 2.43. The summed E-state index contributed by atoms with van der Waals surface area (Å²) in [5.74, 6) is -0.646. The first kappa shape index (κ1) is 26.1. The number of alkyl carbamates (subject to hydrolysis) is 1. The first-order valence-electron chi connectivity index (χ1n) is 12.4. The molecule has 0 spiro atoms. The Kier molecular flexibility index (Phi) is 7.11. The van der Waals surface area contributed by atoms with Gasteiger partial charge < -0.3 is 15.0 Å². The van der Waals surface area contributed by atoms with Crippen molar-refractivity contribution in [1.82, 2.24) is 20.5 Å². The number of hydrogen-bond donors (Lipinski definition) is 2. The monoisotopic (exact) mass is 554 g/mol. The van der Waals surface area contributed by atoms with Gasteiger partial charge in [-0.3, -0.25) is 19.7 Å². The lowest BCUT2D eigenvalue weighted by Crippen LogP contribution is -2.52. The van der Waals surface area contributed by atoms with E-state index in [2.05, 4.69) is 34.7 Å². The standard InChI is InChI=1S/C27H26N4O5S.ClH/c1-14-2-6-21-24(29-13-37-21)23(14)17-9-18(10-17)36-27(35)28-11-15-3-4-16-12-31(26(34)19(16)8-15)20-5-7-22(32)30-25(20)33;/h2-4,6,8,13,17-18,20H,5,7,9-12H2,1H3,(H,28,35)(H,30,32,33);1H/t17?,18?,20-;/m1./s1. The number of carbonyl (C=O) groups is 4. The van der Waals surface area contributed by atoms with E-state index in [1.54, 1.807) is 17.4 Å². The molecule has 2 aromatic carbocycles. The van der Waals surface area contributed by atoms with E-state index in [9.17, 15) is 19.2 Å². The Morgan fingerprint density at radius 2 is 2.03 bits per heavy atom. The Hall–Kier alpha value is -3.50. The van der Waals surface area contributed by atoms with Crippen LogP contribution in [0.4, 0.5) is 4.79 Å². The summed E-state index contributed by atoms with van der Waals surface area (Å²) >= 11 is 1.63. The van der Waals surface area contributed by atoms with Crippen LogP contribution in [0, 0.1) is 6.92 Å². The van der Waals surface area contributed by atoms with E-state index in [1.165, 1.54) is 20.7 Å². The number of benzene rings is 2. The average molecular weight is 555 g/mol. The molecule has 2 fully saturated rings. The minimum Gasteiger partial charge on any atom is -0.446 e. The molecule has 0 unspecified atom stereocenters. The van der Waals surface area contributed by atoms with Crippen molar-refractivity contribution in [3.63, 3.8) is 0 Å². The second kappa shape index (κ2) is 10.3. The van der Waals surface area contributed by atoms with Crippen LogP contribution >= 0.6 is 23.7 Å². The maximum absolute atomic E-state index is 13.0. The number of thiazole rings is 1. The maximum Gasteiger partial charge on any atom is 0.407 e. The number of imide groups is 1. The molecule has 6 rings (SSSR count). The van der Waals surface area contributed by atoms with Gasteiger partial charge in [-0.2, -0.15) is 0 Å². The van der Waals surface area contributed by atoms with Crippen molar-refractivity contribution in [1.29, 1.82) is 0 Å². The zero-order valence-electron chi connectivity index (χ0n) is 20.7. The van der Waals surface area contributed by atoms with Gasteiger partial charge >= 0.3 is 6.09 Å². The Morgan fingerprint density at radius 1 is 1.21 bits per heavy atom. The van der Waals surface area contributed by atoms with E-state index in [4.69, 9.17) is 4.74 Å². The van der Waals surface area contributed by atoms with Gasteiger partial charge in [0, 0.05) is 25.1 Å². The number of carbonyl (C=O) groups excluding carboxylic acids is 4. The van der Waals surface area contributed by atoms with E-state index >= 15 is 0 Å². The first-order chi connectivity index (χ1) is 17.9. The van der Waals surface area contributed by atoms with E-state index in [1.807, 2.05) is 17.6 Å². The van der Waals surface area contributed by atoms with Crippen LogP contribution in [0.3, 0.4) is 0 Å². The topological polar surface area (TPSA) is 118 Å². The molecule has 11 heteroatoms. The summed E-state index contributed by atoms with van der Waals surface area (Å²) in [7, 11) is 0. The zero-order valence-corrected chi connectivity index (χ0v) is 22.3. The summed E-state index contributed by atoms with van der Waals surface area (Å²) in [5, 5.41) is 5.09. The van der Waals surface area contributed by atoms with Gasteiger partial charge in [0.2, 0.25) is 11.8 Å². The number of piperidine rings is 1. The van der Waals surface area contributed by atoms with Crippen molar-refractivity contribution >= 4 is 57.8 Å². The van der Waals surface area contributed by atoms with Crippen LogP contribution < -0.4 is 10.6 Å². The average Bonchev–Trinajstić information content (AvgIpc) is 3.45. The number of rotatable bonds is 5. The SMILES string of the molecule is Cc1ccc2scnc2c1C1CC(OC(=O)NCc2ccc3c(c2)C(=O)N([C@@H]2CCC(=O)NC2=O)C3)C1.Cl. The van der Waals surface area contributed by atoms with E-state index < -0.39 is 18.0 Å². The van der Waals surface area contributed by atoms with E-state index in [0.717, 1.165) is 29.5 Å². The molecule has 1 atom stereocenters. The molecule has 1 saturated carbocycles. The number of nitrogens with zero attached hydrogens (tertiary/aromatic N) is 2. The minimum absolute atomic E-state index is 0. The molecule has 0 bridgehead atoms. The number of fused-ring (bicyclic) bond motifs is 2. The fourth-order valence-electron chi connectivity index (χ4n) is 5.54. The van der Waals surface area contributed by atoms with E-state index in [0.29, 0.717) is 24.4 Å². The summed E-state index contributed by atoms with van der Waals surface area (Å²) in [6.45, 7) is 2.65. The van der Waals surface area contributed by atoms with Gasteiger partial charge in [0.05, 0.1) is 15.7 Å². The lowest BCUT2D eigenvalue weighted by molar-refractivity contribution is -0.136. The number of halogens is 1. The molecule has 9 nitrogen and oxygen atoms in total. The lowest BCUT2D eigenvalue weighted by atomic mass is 9.75. The summed E-state index contributed by atoms with van der Waals surface area (Å²) in [6, 6.07) is 9.04. The second-order valence-corrected chi connectivity index (χ2v) is 10.8. The van der Waals surface area contributed by atoms with Crippen molar-refractivity contribution in [2.24, 2.45) is 0 Å². The largest absolute Gasteiger partial charge is 0.446 e. The Morgan fingerprint density at radius 3 is 2.82 bits per heavy atom. The van der Waals surface area contributed by atoms with Crippen LogP contribution in [0.15, 0.2) is 35.8 Å². The molecule has 1 aromatic heterocycles. The van der Waals surface area contributed by atoms with Crippen molar-refractivity contribution in [3.8, 4) is 0 Å². The highest BCUT2D eigenvalue weighted by atomic mass is 35.5. The van der Waals surface area contributed by atoms with Crippen molar-refractivity contribution < 1.29 is 23.9 Å². The number of nitrogens with one attached hydrogen (secondary N) is 2. The summed E-state index contributed by atoms with van der Waals surface area (Å²) in [4.78, 5) is 55.1. The molecule has 1 aliphatic carbocycles. The van der Waals surface area contributed by atoms with Gasteiger partial charge in [0.1, 0.15) is 12.1 Å². The minimum atomic E-state index is -0.647. The third kappa shape index (κ3) is 4.74. The Labute approximate surface area is 229 Å². The third-order valence-electron chi connectivity index (χ3n) is 7.57. The van der Waals surface area contributed by atoms with Crippen molar-refractivity contribution in [2.75, 3.05) is 0 Å². The molecular weight excluding hydrogens is 528 g/mol. The smallest absolute Gasteiger partial charge is 0.407 e. The van der Waals surface area contributed by atoms with Gasteiger partial charge in [-0.25, -0.2) is 9.78 Å². The normalized spacial score (nSPS) is 22.4. The van der Waals surface area contributed by atoms with Gasteiger partial charge in [-0.1, -0.05) is 18.2 Å². The van der Waals surface area contributed by atoms with Gasteiger partial charge in [-0.15, -0.1) is 23.7 Å². The summed E-state index contributed by atoms with van der Waals surface area (Å²) in [5.41, 5.74) is 7.51. The predicted molar refractivity (Wildman–Crippen MR) is 143 cm³/mol. The third-order valence-corrected chi connectivity index (χ3v) is 8.36. The highest BCUT2D eigenvalue weighted by molar-refractivity contribution is 7.16.